The number of pyridine rings is 1. The lowest BCUT2D eigenvalue weighted by Gasteiger charge is -2.10. The van der Waals surface area contributed by atoms with E-state index < -0.39 is 24.0 Å². The van der Waals surface area contributed by atoms with Crippen molar-refractivity contribution < 1.29 is 22.0 Å². The van der Waals surface area contributed by atoms with E-state index in [1.54, 1.807) is 0 Å². The maximum absolute atomic E-state index is 12.2. The first kappa shape index (κ1) is 10.9. The van der Waals surface area contributed by atoms with Gasteiger partial charge in [0.2, 0.25) is 0 Å². The molecule has 0 N–H and O–H groups in total. The second kappa shape index (κ2) is 3.51. The zero-order chi connectivity index (χ0) is 10.9. The number of aryl methyl sites for hydroxylation is 1. The van der Waals surface area contributed by atoms with Gasteiger partial charge in [-0.25, -0.2) is 13.8 Å². The Kier molecular flexibility index (Phi) is 2.73. The average molecular weight is 211 g/mol. The van der Waals surface area contributed by atoms with E-state index in [-0.39, 0.29) is 5.56 Å². The first-order valence-corrected chi connectivity index (χ1v) is 3.65. The van der Waals surface area contributed by atoms with Crippen molar-refractivity contribution >= 4 is 0 Å². The van der Waals surface area contributed by atoms with Gasteiger partial charge in [0.1, 0.15) is 11.4 Å². The molecule has 78 valence electrons. The van der Waals surface area contributed by atoms with Crippen LogP contribution < -0.4 is 0 Å². The molecule has 1 heterocycles. The molecule has 1 rings (SSSR count). The summed E-state index contributed by atoms with van der Waals surface area (Å²) in [4.78, 5) is 2.87. The molecule has 0 amide bonds. The van der Waals surface area contributed by atoms with Gasteiger partial charge in [0.15, 0.2) is 0 Å². The highest BCUT2D eigenvalue weighted by atomic mass is 19.4. The summed E-state index contributed by atoms with van der Waals surface area (Å²) in [6, 6.07) is 1.87. The van der Waals surface area contributed by atoms with Crippen LogP contribution in [0.4, 0.5) is 22.0 Å². The molecule has 0 saturated carbocycles. The Morgan fingerprint density at radius 1 is 1.21 bits per heavy atom. The number of halogens is 5. The molecule has 0 bridgehead atoms. The predicted molar refractivity (Wildman–Crippen MR) is 38.9 cm³/mol. The number of alkyl halides is 5. The molecule has 0 atom stereocenters. The van der Waals surface area contributed by atoms with Crippen molar-refractivity contribution in [3.63, 3.8) is 0 Å². The Balaban J connectivity index is 3.22. The molecule has 0 aliphatic rings. The van der Waals surface area contributed by atoms with Crippen LogP contribution in [0, 0.1) is 6.92 Å². The Morgan fingerprint density at radius 3 is 2.21 bits per heavy atom. The minimum atomic E-state index is -4.69. The van der Waals surface area contributed by atoms with Gasteiger partial charge in [0, 0.05) is 0 Å². The van der Waals surface area contributed by atoms with Crippen molar-refractivity contribution in [3.05, 3.63) is 29.1 Å². The highest BCUT2D eigenvalue weighted by molar-refractivity contribution is 5.24. The fourth-order valence-electron chi connectivity index (χ4n) is 0.952. The van der Waals surface area contributed by atoms with Crippen molar-refractivity contribution in [3.8, 4) is 0 Å². The van der Waals surface area contributed by atoms with Crippen LogP contribution in [-0.4, -0.2) is 4.98 Å². The lowest BCUT2D eigenvalue weighted by Crippen LogP contribution is -2.11. The first-order valence-electron chi connectivity index (χ1n) is 3.65. The van der Waals surface area contributed by atoms with Crippen LogP contribution in [0.1, 0.15) is 23.4 Å². The van der Waals surface area contributed by atoms with Gasteiger partial charge >= 0.3 is 6.18 Å². The van der Waals surface area contributed by atoms with Gasteiger partial charge in [0.05, 0.1) is 0 Å². The van der Waals surface area contributed by atoms with Gasteiger partial charge in [-0.05, 0) is 18.6 Å². The first-order chi connectivity index (χ1) is 6.32. The second-order valence-electron chi connectivity index (χ2n) is 2.70. The van der Waals surface area contributed by atoms with Crippen LogP contribution in [0.5, 0.6) is 0 Å². The molecule has 0 aromatic carbocycles. The van der Waals surface area contributed by atoms with Crippen LogP contribution in [-0.2, 0) is 6.18 Å². The van der Waals surface area contributed by atoms with Crippen LogP contribution in [0.15, 0.2) is 12.1 Å². The standard InChI is InChI=1S/C8H6F5N/c1-4-2-3-5(7(9)10)14-6(4)8(11,12)13/h2-3,7H,1H3. The second-order valence-corrected chi connectivity index (χ2v) is 2.70. The molecule has 14 heavy (non-hydrogen) atoms. The van der Waals surface area contributed by atoms with Gasteiger partial charge in [-0.1, -0.05) is 6.07 Å². The van der Waals surface area contributed by atoms with Gasteiger partial charge < -0.3 is 0 Å². The Labute approximate surface area is 76.6 Å². The van der Waals surface area contributed by atoms with Crippen molar-refractivity contribution in [2.24, 2.45) is 0 Å². The van der Waals surface area contributed by atoms with Crippen LogP contribution in [0.25, 0.3) is 0 Å². The van der Waals surface area contributed by atoms with E-state index in [1.807, 2.05) is 0 Å². The minimum absolute atomic E-state index is 0.165. The summed E-state index contributed by atoms with van der Waals surface area (Å²) in [7, 11) is 0. The third-order valence-electron chi connectivity index (χ3n) is 1.61. The zero-order valence-corrected chi connectivity index (χ0v) is 7.07. The van der Waals surface area contributed by atoms with Crippen LogP contribution in [0.3, 0.4) is 0 Å². The Morgan fingerprint density at radius 2 is 1.79 bits per heavy atom. The van der Waals surface area contributed by atoms with E-state index in [0.29, 0.717) is 0 Å². The normalized spacial score (nSPS) is 12.2. The summed E-state index contributed by atoms with van der Waals surface area (Å²) in [5, 5.41) is 0. The largest absolute Gasteiger partial charge is 0.433 e. The van der Waals surface area contributed by atoms with Gasteiger partial charge in [-0.15, -0.1) is 0 Å². The summed E-state index contributed by atoms with van der Waals surface area (Å²) in [5.41, 5.74) is -2.28. The van der Waals surface area contributed by atoms with Crippen molar-refractivity contribution in [1.29, 1.82) is 0 Å². The number of aromatic nitrogens is 1. The van der Waals surface area contributed by atoms with Crippen LogP contribution >= 0.6 is 0 Å². The summed E-state index contributed by atoms with van der Waals surface area (Å²) in [5.74, 6) is 0. The van der Waals surface area contributed by atoms with E-state index in [0.717, 1.165) is 12.1 Å². The highest BCUT2D eigenvalue weighted by Gasteiger charge is 2.35. The van der Waals surface area contributed by atoms with Crippen molar-refractivity contribution in [1.82, 2.24) is 4.98 Å². The number of nitrogens with zero attached hydrogens (tertiary/aromatic N) is 1. The van der Waals surface area contributed by atoms with Crippen molar-refractivity contribution in [2.45, 2.75) is 19.5 Å². The Hall–Kier alpha value is -1.20. The molecule has 0 radical (unpaired) electrons. The Bertz CT molecular complexity index is 331. The molecule has 6 heteroatoms. The average Bonchev–Trinajstić information content (AvgIpc) is 2.02. The van der Waals surface area contributed by atoms with E-state index in [1.165, 1.54) is 6.92 Å². The van der Waals surface area contributed by atoms with E-state index >= 15 is 0 Å². The number of hydrogen-bond donors (Lipinski definition) is 0. The van der Waals surface area contributed by atoms with Gasteiger partial charge in [-0.2, -0.15) is 13.2 Å². The van der Waals surface area contributed by atoms with E-state index in [4.69, 9.17) is 0 Å². The van der Waals surface area contributed by atoms with E-state index in [9.17, 15) is 22.0 Å². The van der Waals surface area contributed by atoms with Gasteiger partial charge in [-0.3, -0.25) is 0 Å². The number of hydrogen-bond acceptors (Lipinski definition) is 1. The molecular formula is C8H6F5N. The number of rotatable bonds is 1. The summed E-state index contributed by atoms with van der Waals surface area (Å²) in [6.07, 6.45) is -7.67. The molecule has 0 aliphatic carbocycles. The molecule has 0 aliphatic heterocycles. The molecule has 0 saturated heterocycles. The summed E-state index contributed by atoms with van der Waals surface area (Å²) in [6.45, 7) is 1.17. The smallest absolute Gasteiger partial charge is 0.242 e. The highest BCUT2D eigenvalue weighted by Crippen LogP contribution is 2.31. The maximum Gasteiger partial charge on any atom is 0.433 e. The molecule has 1 aromatic rings. The fraction of sp³-hybridized carbons (Fsp3) is 0.375. The molecule has 0 fully saturated rings. The molecule has 1 aromatic heterocycles. The maximum atomic E-state index is 12.2. The summed E-state index contributed by atoms with van der Waals surface area (Å²) >= 11 is 0. The molecular weight excluding hydrogens is 205 g/mol. The SMILES string of the molecule is Cc1ccc(C(F)F)nc1C(F)(F)F. The van der Waals surface area contributed by atoms with E-state index in [2.05, 4.69) is 4.98 Å². The minimum Gasteiger partial charge on any atom is -0.242 e. The van der Waals surface area contributed by atoms with Crippen molar-refractivity contribution in [2.75, 3.05) is 0 Å². The predicted octanol–water partition coefficient (Wildman–Crippen LogP) is 3.35. The molecule has 1 nitrogen and oxygen atoms in total. The lowest BCUT2D eigenvalue weighted by molar-refractivity contribution is -0.141. The third-order valence-corrected chi connectivity index (χ3v) is 1.61. The topological polar surface area (TPSA) is 12.9 Å². The third kappa shape index (κ3) is 2.18. The zero-order valence-electron chi connectivity index (χ0n) is 7.07. The summed E-state index contributed by atoms with van der Waals surface area (Å²) < 4.78 is 60.6. The monoisotopic (exact) mass is 211 g/mol. The lowest BCUT2D eigenvalue weighted by atomic mass is 10.2. The fourth-order valence-corrected chi connectivity index (χ4v) is 0.952. The molecule has 0 unspecified atom stereocenters. The quantitative estimate of drug-likeness (QED) is 0.649. The molecule has 0 spiro atoms. The van der Waals surface area contributed by atoms with Gasteiger partial charge in [0.25, 0.3) is 6.43 Å². The van der Waals surface area contributed by atoms with Crippen LogP contribution in [0.2, 0.25) is 0 Å².